The molecule has 1 aromatic rings. The summed E-state index contributed by atoms with van der Waals surface area (Å²) in [5.41, 5.74) is 1.54. The summed E-state index contributed by atoms with van der Waals surface area (Å²) in [6.07, 6.45) is 4.12. The molecule has 1 heterocycles. The van der Waals surface area contributed by atoms with Gasteiger partial charge in [-0.05, 0) is 44.1 Å². The van der Waals surface area contributed by atoms with Gasteiger partial charge in [0, 0.05) is 17.8 Å². The fourth-order valence-corrected chi connectivity index (χ4v) is 3.55. The minimum atomic E-state index is -0.955. The number of nitrogens with zero attached hydrogens (tertiary/aromatic N) is 1. The minimum absolute atomic E-state index is 0.0762. The van der Waals surface area contributed by atoms with Crippen LogP contribution in [0.1, 0.15) is 67.2 Å². The van der Waals surface area contributed by atoms with Crippen LogP contribution in [0.5, 0.6) is 0 Å². The maximum absolute atomic E-state index is 12.3. The van der Waals surface area contributed by atoms with Crippen molar-refractivity contribution in [3.8, 4) is 0 Å². The summed E-state index contributed by atoms with van der Waals surface area (Å²) in [6.45, 7) is 7.87. The van der Waals surface area contributed by atoms with Gasteiger partial charge in [0.15, 0.2) is 0 Å². The van der Waals surface area contributed by atoms with Crippen molar-refractivity contribution in [3.63, 3.8) is 0 Å². The van der Waals surface area contributed by atoms with E-state index in [2.05, 4.69) is 13.8 Å². The topological polar surface area (TPSA) is 59.3 Å². The molecule has 4 nitrogen and oxygen atoms in total. The van der Waals surface area contributed by atoms with E-state index >= 15 is 0 Å². The Balaban J connectivity index is 2.54. The van der Waals surface area contributed by atoms with E-state index in [9.17, 15) is 14.7 Å². The molecule has 0 radical (unpaired) electrons. The highest BCUT2D eigenvalue weighted by molar-refractivity contribution is 5.90. The zero-order valence-corrected chi connectivity index (χ0v) is 12.7. The van der Waals surface area contributed by atoms with E-state index in [1.54, 1.807) is 18.4 Å². The van der Waals surface area contributed by atoms with Crippen molar-refractivity contribution < 1.29 is 9.90 Å². The lowest BCUT2D eigenvalue weighted by Crippen LogP contribution is -2.34. The van der Waals surface area contributed by atoms with Gasteiger partial charge in [-0.25, -0.2) is 4.79 Å². The Morgan fingerprint density at radius 2 is 2.05 bits per heavy atom. The van der Waals surface area contributed by atoms with Gasteiger partial charge >= 0.3 is 5.97 Å². The molecule has 2 rings (SSSR count). The zero-order chi connectivity index (χ0) is 15.1. The normalized spacial score (nSPS) is 21.7. The number of aryl methyl sites for hydroxylation is 1. The molecule has 0 saturated heterocycles. The van der Waals surface area contributed by atoms with Crippen LogP contribution in [0.4, 0.5) is 0 Å². The third kappa shape index (κ3) is 2.65. The van der Waals surface area contributed by atoms with Crippen molar-refractivity contribution in [3.05, 3.63) is 33.2 Å². The number of carboxylic acids is 1. The predicted octanol–water partition coefficient (Wildman–Crippen LogP) is 3.30. The van der Waals surface area contributed by atoms with Crippen LogP contribution >= 0.6 is 0 Å². The first-order chi connectivity index (χ1) is 9.23. The maximum Gasteiger partial charge on any atom is 0.337 e. The smallest absolute Gasteiger partial charge is 0.337 e. The number of pyridine rings is 1. The Morgan fingerprint density at radius 3 is 2.60 bits per heavy atom. The predicted molar refractivity (Wildman–Crippen MR) is 78.4 cm³/mol. The average Bonchev–Trinajstić information content (AvgIpc) is 2.25. The second kappa shape index (κ2) is 5.08. The third-order valence-electron chi connectivity index (χ3n) is 4.45. The fourth-order valence-electron chi connectivity index (χ4n) is 3.55. The van der Waals surface area contributed by atoms with E-state index in [1.165, 1.54) is 6.07 Å². The first-order valence-corrected chi connectivity index (χ1v) is 7.19. The van der Waals surface area contributed by atoms with E-state index in [-0.39, 0.29) is 22.6 Å². The van der Waals surface area contributed by atoms with Crippen LogP contribution in [0.2, 0.25) is 0 Å². The summed E-state index contributed by atoms with van der Waals surface area (Å²) in [5.74, 6) is -0.955. The fraction of sp³-hybridized carbons (Fsp3) is 0.625. The number of hydrogen-bond acceptors (Lipinski definition) is 2. The summed E-state index contributed by atoms with van der Waals surface area (Å²) >= 11 is 0. The molecule has 0 amide bonds. The lowest BCUT2D eigenvalue weighted by Gasteiger charge is -2.37. The van der Waals surface area contributed by atoms with Crippen LogP contribution in [-0.4, -0.2) is 15.6 Å². The molecule has 1 aliphatic carbocycles. The van der Waals surface area contributed by atoms with Crippen molar-refractivity contribution >= 4 is 5.97 Å². The van der Waals surface area contributed by atoms with Crippen LogP contribution < -0.4 is 5.56 Å². The van der Waals surface area contributed by atoms with Gasteiger partial charge in [0.1, 0.15) is 0 Å². The summed E-state index contributed by atoms with van der Waals surface area (Å²) in [7, 11) is 0. The second-order valence-electron chi connectivity index (χ2n) is 6.72. The van der Waals surface area contributed by atoms with Crippen molar-refractivity contribution in [2.75, 3.05) is 0 Å². The van der Waals surface area contributed by atoms with Crippen LogP contribution in [-0.2, 0) is 0 Å². The number of aromatic nitrogens is 1. The van der Waals surface area contributed by atoms with Gasteiger partial charge in [0.2, 0.25) is 0 Å². The molecular formula is C16H23NO3. The Morgan fingerprint density at radius 1 is 1.40 bits per heavy atom. The summed E-state index contributed by atoms with van der Waals surface area (Å²) in [4.78, 5) is 23.7. The molecule has 110 valence electrons. The first kappa shape index (κ1) is 14.8. The van der Waals surface area contributed by atoms with E-state index in [4.69, 9.17) is 0 Å². The average molecular weight is 277 g/mol. The molecular weight excluding hydrogens is 254 g/mol. The number of rotatable bonds is 2. The van der Waals surface area contributed by atoms with Crippen LogP contribution in [0.3, 0.4) is 0 Å². The molecule has 0 aromatic carbocycles. The van der Waals surface area contributed by atoms with Gasteiger partial charge in [-0.1, -0.05) is 20.3 Å². The molecule has 1 fully saturated rings. The van der Waals surface area contributed by atoms with Gasteiger partial charge in [-0.15, -0.1) is 0 Å². The molecule has 20 heavy (non-hydrogen) atoms. The van der Waals surface area contributed by atoms with E-state index in [1.807, 2.05) is 0 Å². The molecule has 1 atom stereocenters. The first-order valence-electron chi connectivity index (χ1n) is 7.19. The van der Waals surface area contributed by atoms with Crippen molar-refractivity contribution in [2.45, 2.75) is 59.4 Å². The summed E-state index contributed by atoms with van der Waals surface area (Å²) < 4.78 is 1.71. The molecule has 1 unspecified atom stereocenters. The minimum Gasteiger partial charge on any atom is -0.478 e. The summed E-state index contributed by atoms with van der Waals surface area (Å²) in [6, 6.07) is 1.57. The van der Waals surface area contributed by atoms with E-state index in [0.29, 0.717) is 11.3 Å². The largest absolute Gasteiger partial charge is 0.478 e. The Labute approximate surface area is 119 Å². The highest BCUT2D eigenvalue weighted by Crippen LogP contribution is 2.41. The molecule has 0 spiro atoms. The Kier molecular flexibility index (Phi) is 3.76. The van der Waals surface area contributed by atoms with Crippen molar-refractivity contribution in [1.82, 2.24) is 4.57 Å². The highest BCUT2D eigenvalue weighted by Gasteiger charge is 2.31. The lowest BCUT2D eigenvalue weighted by molar-refractivity contribution is 0.0693. The van der Waals surface area contributed by atoms with Crippen molar-refractivity contribution in [2.24, 2.45) is 5.41 Å². The molecule has 1 aliphatic rings. The maximum atomic E-state index is 12.3. The number of carbonyl (C=O) groups is 1. The van der Waals surface area contributed by atoms with Crippen LogP contribution in [0, 0.1) is 19.3 Å². The molecule has 1 aromatic heterocycles. The molecule has 4 heteroatoms. The second-order valence-corrected chi connectivity index (χ2v) is 6.72. The monoisotopic (exact) mass is 277 g/mol. The van der Waals surface area contributed by atoms with E-state index < -0.39 is 5.97 Å². The van der Waals surface area contributed by atoms with Gasteiger partial charge < -0.3 is 9.67 Å². The zero-order valence-electron chi connectivity index (χ0n) is 12.7. The lowest BCUT2D eigenvalue weighted by atomic mass is 9.75. The molecule has 0 bridgehead atoms. The molecule has 1 saturated carbocycles. The van der Waals surface area contributed by atoms with Crippen LogP contribution in [0.25, 0.3) is 0 Å². The van der Waals surface area contributed by atoms with Gasteiger partial charge in [0.25, 0.3) is 5.56 Å². The SMILES string of the molecule is Cc1cc(=O)n(C2CCCC(C)(C)C2)c(C)c1C(=O)O. The number of hydrogen-bond donors (Lipinski definition) is 1. The van der Waals surface area contributed by atoms with Crippen molar-refractivity contribution in [1.29, 1.82) is 0 Å². The van der Waals surface area contributed by atoms with Gasteiger partial charge in [-0.2, -0.15) is 0 Å². The summed E-state index contributed by atoms with van der Waals surface area (Å²) in [5, 5.41) is 9.35. The standard InChI is InChI=1S/C16H23NO3/c1-10-8-13(18)17(11(2)14(10)15(19)20)12-6-5-7-16(3,4)9-12/h8,12H,5-7,9H2,1-4H3,(H,19,20). The van der Waals surface area contributed by atoms with Gasteiger partial charge in [-0.3, -0.25) is 4.79 Å². The molecule has 0 aliphatic heterocycles. The van der Waals surface area contributed by atoms with E-state index in [0.717, 1.165) is 25.7 Å². The molecule has 1 N–H and O–H groups in total. The van der Waals surface area contributed by atoms with Crippen LogP contribution in [0.15, 0.2) is 10.9 Å². The Hall–Kier alpha value is -1.58. The van der Waals surface area contributed by atoms with Gasteiger partial charge in [0.05, 0.1) is 5.56 Å². The highest BCUT2D eigenvalue weighted by atomic mass is 16.4. The number of carboxylic acid groups (broad SMARTS) is 1. The third-order valence-corrected chi connectivity index (χ3v) is 4.45. The Bertz CT molecular complexity index is 598. The quantitative estimate of drug-likeness (QED) is 0.902. The number of aromatic carboxylic acids is 1.